The average Bonchev–Trinajstić information content (AvgIpc) is 3.26. The highest BCUT2D eigenvalue weighted by Crippen LogP contribution is 2.39. The molecular formula is C25H31FN2O4S. The minimum Gasteiger partial charge on any atom is -0.371 e. The van der Waals surface area contributed by atoms with E-state index in [0.29, 0.717) is 25.2 Å². The van der Waals surface area contributed by atoms with Crippen LogP contribution in [0.15, 0.2) is 48.5 Å². The Labute approximate surface area is 195 Å². The van der Waals surface area contributed by atoms with Gasteiger partial charge >= 0.3 is 0 Å². The number of halogens is 1. The number of hydrogen-bond acceptors (Lipinski definition) is 5. The summed E-state index contributed by atoms with van der Waals surface area (Å²) in [6.45, 7) is 4.67. The molecule has 0 unspecified atom stereocenters. The highest BCUT2D eigenvalue weighted by Gasteiger charge is 2.41. The molecule has 0 N–H and O–H groups in total. The number of ether oxygens (including phenoxy) is 2. The van der Waals surface area contributed by atoms with Crippen LogP contribution >= 0.6 is 0 Å². The maximum atomic E-state index is 15.2. The van der Waals surface area contributed by atoms with Crippen LogP contribution in [0, 0.1) is 5.82 Å². The molecule has 0 saturated carbocycles. The molecule has 1 spiro atoms. The fourth-order valence-electron chi connectivity index (χ4n) is 5.27. The van der Waals surface area contributed by atoms with Crippen LogP contribution in [0.25, 0.3) is 0 Å². The molecule has 33 heavy (non-hydrogen) atoms. The van der Waals surface area contributed by atoms with Crippen molar-refractivity contribution in [3.63, 3.8) is 0 Å². The Balaban J connectivity index is 1.31. The van der Waals surface area contributed by atoms with E-state index in [1.54, 1.807) is 6.07 Å². The van der Waals surface area contributed by atoms with Crippen LogP contribution in [0.2, 0.25) is 0 Å². The van der Waals surface area contributed by atoms with Gasteiger partial charge in [0.1, 0.15) is 11.1 Å². The van der Waals surface area contributed by atoms with E-state index < -0.39 is 21.1 Å². The maximum Gasteiger partial charge on any atom is 0.221 e. The normalized spacial score (nSPS) is 27.2. The lowest BCUT2D eigenvalue weighted by atomic mass is 10.0. The average molecular weight is 475 g/mol. The van der Waals surface area contributed by atoms with Gasteiger partial charge in [0.15, 0.2) is 5.79 Å². The lowest BCUT2D eigenvalue weighted by molar-refractivity contribution is -0.169. The number of nitrogens with zero attached hydrogens (tertiary/aromatic N) is 2. The first-order valence-corrected chi connectivity index (χ1v) is 13.3. The number of piperidine rings is 1. The molecule has 0 aromatic heterocycles. The third-order valence-electron chi connectivity index (χ3n) is 7.26. The minimum absolute atomic E-state index is 0.0454. The van der Waals surface area contributed by atoms with E-state index in [9.17, 15) is 8.42 Å². The molecule has 5 rings (SSSR count). The first kappa shape index (κ1) is 22.8. The van der Waals surface area contributed by atoms with Gasteiger partial charge < -0.3 is 14.4 Å². The van der Waals surface area contributed by atoms with Gasteiger partial charge in [-0.05, 0) is 37.5 Å². The number of benzene rings is 2. The molecule has 3 aliphatic heterocycles. The Hall–Kier alpha value is -2.00. The van der Waals surface area contributed by atoms with Crippen molar-refractivity contribution >= 4 is 15.7 Å². The SMILES string of the molecule is C[C@H]1CC[C@H](c2ccccc2)S(=O)(=O)N1Cc1ccc(N2CCC3(CC2)OCCO3)cc1F. The molecule has 2 atom stereocenters. The first-order valence-electron chi connectivity index (χ1n) is 11.7. The lowest BCUT2D eigenvalue weighted by Gasteiger charge is -2.39. The number of rotatable bonds is 4. The predicted molar refractivity (Wildman–Crippen MR) is 125 cm³/mol. The lowest BCUT2D eigenvalue weighted by Crippen LogP contribution is -2.45. The van der Waals surface area contributed by atoms with Crippen molar-refractivity contribution < 1.29 is 22.3 Å². The number of anilines is 1. The van der Waals surface area contributed by atoms with Crippen LogP contribution < -0.4 is 4.90 Å². The van der Waals surface area contributed by atoms with Gasteiger partial charge in [0.25, 0.3) is 0 Å². The predicted octanol–water partition coefficient (Wildman–Crippen LogP) is 4.22. The molecule has 0 bridgehead atoms. The summed E-state index contributed by atoms with van der Waals surface area (Å²) in [5, 5.41) is -0.585. The van der Waals surface area contributed by atoms with Crippen molar-refractivity contribution in [2.45, 2.75) is 56.2 Å². The maximum absolute atomic E-state index is 15.2. The molecule has 2 aromatic carbocycles. The van der Waals surface area contributed by atoms with Crippen LogP contribution in [0.1, 0.15) is 49.0 Å². The van der Waals surface area contributed by atoms with Gasteiger partial charge in [-0.15, -0.1) is 0 Å². The first-order chi connectivity index (χ1) is 15.9. The standard InChI is InChI=1S/C25H31FN2O4S/c1-19-7-10-24(20-5-3-2-4-6-20)33(29,30)28(19)18-21-8-9-22(17-23(21)26)27-13-11-25(12-14-27)31-15-16-32-25/h2-6,8-9,17,19,24H,7,10-16,18H2,1H3/t19-,24+/m0/s1. The third kappa shape index (κ3) is 4.41. The van der Waals surface area contributed by atoms with Crippen LogP contribution in [0.5, 0.6) is 0 Å². The van der Waals surface area contributed by atoms with Gasteiger partial charge in [-0.1, -0.05) is 36.4 Å². The minimum atomic E-state index is -3.60. The van der Waals surface area contributed by atoms with Crippen molar-refractivity contribution in [2.75, 3.05) is 31.2 Å². The molecule has 178 valence electrons. The molecule has 3 fully saturated rings. The summed E-state index contributed by atoms with van der Waals surface area (Å²) in [6, 6.07) is 14.3. The zero-order valence-electron chi connectivity index (χ0n) is 19.0. The molecule has 2 aromatic rings. The summed E-state index contributed by atoms with van der Waals surface area (Å²) in [7, 11) is -3.60. The van der Waals surface area contributed by atoms with Crippen molar-refractivity contribution in [1.29, 1.82) is 0 Å². The van der Waals surface area contributed by atoms with Gasteiger partial charge in [-0.3, -0.25) is 0 Å². The Kier molecular flexibility index (Phi) is 6.20. The molecule has 3 heterocycles. The van der Waals surface area contributed by atoms with Crippen LogP contribution in [-0.4, -0.2) is 50.9 Å². The molecule has 3 aliphatic rings. The highest BCUT2D eigenvalue weighted by atomic mass is 32.2. The van der Waals surface area contributed by atoms with Crippen LogP contribution in [0.3, 0.4) is 0 Å². The summed E-state index contributed by atoms with van der Waals surface area (Å²) in [6.07, 6.45) is 2.83. The van der Waals surface area contributed by atoms with Crippen molar-refractivity contribution in [1.82, 2.24) is 4.31 Å². The fraction of sp³-hybridized carbons (Fsp3) is 0.520. The molecule has 8 heteroatoms. The van der Waals surface area contributed by atoms with E-state index in [-0.39, 0.29) is 18.4 Å². The van der Waals surface area contributed by atoms with Crippen molar-refractivity contribution in [3.05, 3.63) is 65.5 Å². The van der Waals surface area contributed by atoms with Gasteiger partial charge in [0, 0.05) is 49.8 Å². The van der Waals surface area contributed by atoms with Crippen molar-refractivity contribution in [2.24, 2.45) is 0 Å². The zero-order valence-corrected chi connectivity index (χ0v) is 19.8. The topological polar surface area (TPSA) is 59.1 Å². The largest absolute Gasteiger partial charge is 0.371 e. The van der Waals surface area contributed by atoms with Crippen LogP contribution in [0.4, 0.5) is 10.1 Å². The van der Waals surface area contributed by atoms with E-state index in [1.165, 1.54) is 10.4 Å². The molecule has 0 amide bonds. The fourth-order valence-corrected chi connectivity index (χ4v) is 7.46. The summed E-state index contributed by atoms with van der Waals surface area (Å²) in [4.78, 5) is 2.13. The van der Waals surface area contributed by atoms with E-state index in [2.05, 4.69) is 4.90 Å². The molecule has 0 aliphatic carbocycles. The van der Waals surface area contributed by atoms with Gasteiger partial charge in [-0.25, -0.2) is 12.8 Å². The molecular weight excluding hydrogens is 443 g/mol. The number of sulfonamides is 1. The Morgan fingerprint density at radius 2 is 1.73 bits per heavy atom. The monoisotopic (exact) mass is 474 g/mol. The summed E-state index contributed by atoms with van der Waals surface area (Å²) in [5.74, 6) is -0.839. The zero-order chi connectivity index (χ0) is 23.1. The van der Waals surface area contributed by atoms with E-state index >= 15 is 4.39 Å². The number of hydrogen-bond donors (Lipinski definition) is 0. The second-order valence-corrected chi connectivity index (χ2v) is 11.4. The Bertz CT molecular complexity index is 1080. The summed E-state index contributed by atoms with van der Waals surface area (Å²) < 4.78 is 55.1. The third-order valence-corrected chi connectivity index (χ3v) is 9.63. The van der Waals surface area contributed by atoms with Crippen molar-refractivity contribution in [3.8, 4) is 0 Å². The molecule has 6 nitrogen and oxygen atoms in total. The summed E-state index contributed by atoms with van der Waals surface area (Å²) in [5.41, 5.74) is 2.00. The van der Waals surface area contributed by atoms with Gasteiger partial charge in [-0.2, -0.15) is 4.31 Å². The van der Waals surface area contributed by atoms with Gasteiger partial charge in [0.2, 0.25) is 10.0 Å². The molecule has 0 radical (unpaired) electrons. The van der Waals surface area contributed by atoms with Gasteiger partial charge in [0.05, 0.1) is 13.2 Å². The van der Waals surface area contributed by atoms with E-state index in [1.807, 2.05) is 43.3 Å². The van der Waals surface area contributed by atoms with Crippen LogP contribution in [-0.2, 0) is 26.0 Å². The highest BCUT2D eigenvalue weighted by molar-refractivity contribution is 7.89. The molecule has 3 saturated heterocycles. The quantitative estimate of drug-likeness (QED) is 0.664. The smallest absolute Gasteiger partial charge is 0.221 e. The Morgan fingerprint density at radius 3 is 2.39 bits per heavy atom. The van der Waals surface area contributed by atoms with E-state index in [4.69, 9.17) is 9.47 Å². The summed E-state index contributed by atoms with van der Waals surface area (Å²) >= 11 is 0. The Morgan fingerprint density at radius 1 is 1.03 bits per heavy atom. The second-order valence-electron chi connectivity index (χ2n) is 9.29. The van der Waals surface area contributed by atoms with E-state index in [0.717, 1.165) is 43.6 Å². The second kappa shape index (κ2) is 8.98.